The highest BCUT2D eigenvalue weighted by Crippen LogP contribution is 2.21. The number of carbonyl (C=O) groups is 1. The first-order chi connectivity index (χ1) is 11.7. The molecule has 0 atom stereocenters. The number of alkyl carbamates (subject to hydrolysis) is 1. The molecule has 1 N–H and O–H groups in total. The molecular weight excluding hydrogens is 334 g/mol. The highest BCUT2D eigenvalue weighted by Gasteiger charge is 2.15. The predicted octanol–water partition coefficient (Wildman–Crippen LogP) is 3.66. The lowest BCUT2D eigenvalue weighted by Gasteiger charge is -2.19. The summed E-state index contributed by atoms with van der Waals surface area (Å²) in [5.41, 5.74) is 0.228. The third kappa shape index (κ3) is 6.15. The second-order valence-electron chi connectivity index (χ2n) is 6.29. The van der Waals surface area contributed by atoms with E-state index in [0.717, 1.165) is 12.1 Å². The molecule has 0 saturated carbocycles. The zero-order valence-electron chi connectivity index (χ0n) is 14.3. The van der Waals surface area contributed by atoms with Crippen LogP contribution in [0.2, 0.25) is 0 Å². The van der Waals surface area contributed by atoms with Crippen LogP contribution in [0.25, 0.3) is 11.3 Å². The van der Waals surface area contributed by atoms with Crippen molar-refractivity contribution in [3.05, 3.63) is 41.7 Å². The molecule has 136 valence electrons. The molecule has 0 aliphatic heterocycles. The lowest BCUT2D eigenvalue weighted by Crippen LogP contribution is -2.34. The van der Waals surface area contributed by atoms with Gasteiger partial charge in [-0.05, 0) is 39.0 Å². The van der Waals surface area contributed by atoms with Gasteiger partial charge in [-0.3, -0.25) is 0 Å². The van der Waals surface area contributed by atoms with E-state index in [4.69, 9.17) is 14.0 Å². The van der Waals surface area contributed by atoms with E-state index in [0.29, 0.717) is 17.0 Å². The summed E-state index contributed by atoms with van der Waals surface area (Å²) in [5.74, 6) is -1.45. The quantitative estimate of drug-likeness (QED) is 0.802. The molecule has 2 rings (SSSR count). The summed E-state index contributed by atoms with van der Waals surface area (Å²) in [7, 11) is 0. The van der Waals surface area contributed by atoms with E-state index < -0.39 is 23.3 Å². The number of hydrogen-bond donors (Lipinski definition) is 1. The van der Waals surface area contributed by atoms with Gasteiger partial charge in [0, 0.05) is 18.2 Å². The standard InChI is InChI=1S/C17H20F2N2O4/c1-17(2,3)24-16(22)20-6-7-23-10-12-9-15(21-25-12)11-4-5-13(18)14(19)8-11/h4-5,8-9H,6-7,10H2,1-3H3,(H,20,22). The highest BCUT2D eigenvalue weighted by molar-refractivity contribution is 5.67. The van der Waals surface area contributed by atoms with Crippen molar-refractivity contribution in [3.63, 3.8) is 0 Å². The second-order valence-corrected chi connectivity index (χ2v) is 6.29. The molecule has 1 aromatic heterocycles. The maximum atomic E-state index is 13.2. The van der Waals surface area contributed by atoms with Crippen LogP contribution in [0, 0.1) is 11.6 Å². The molecule has 1 heterocycles. The topological polar surface area (TPSA) is 73.6 Å². The summed E-state index contributed by atoms with van der Waals surface area (Å²) in [6.07, 6.45) is -0.517. The largest absolute Gasteiger partial charge is 0.444 e. The fraction of sp³-hybridized carbons (Fsp3) is 0.412. The van der Waals surface area contributed by atoms with Crippen LogP contribution < -0.4 is 5.32 Å². The average molecular weight is 354 g/mol. The van der Waals surface area contributed by atoms with Crippen molar-refractivity contribution >= 4 is 6.09 Å². The van der Waals surface area contributed by atoms with E-state index in [1.807, 2.05) is 0 Å². The van der Waals surface area contributed by atoms with Gasteiger partial charge in [-0.25, -0.2) is 13.6 Å². The number of carbonyl (C=O) groups excluding carboxylic acids is 1. The molecule has 6 nitrogen and oxygen atoms in total. The highest BCUT2D eigenvalue weighted by atomic mass is 19.2. The minimum atomic E-state index is -0.952. The summed E-state index contributed by atoms with van der Waals surface area (Å²) < 4.78 is 41.7. The monoisotopic (exact) mass is 354 g/mol. The normalized spacial score (nSPS) is 11.4. The third-order valence-corrected chi connectivity index (χ3v) is 2.93. The van der Waals surface area contributed by atoms with Gasteiger partial charge in [0.25, 0.3) is 0 Å². The fourth-order valence-corrected chi connectivity index (χ4v) is 1.88. The molecule has 0 unspecified atom stereocenters. The Kier molecular flexibility index (Phi) is 6.08. The van der Waals surface area contributed by atoms with Gasteiger partial charge in [-0.2, -0.15) is 0 Å². The Labute approximate surface area is 144 Å². The van der Waals surface area contributed by atoms with E-state index in [1.165, 1.54) is 6.07 Å². The number of amides is 1. The molecule has 0 fully saturated rings. The molecule has 25 heavy (non-hydrogen) atoms. The molecule has 0 saturated heterocycles. The molecule has 0 radical (unpaired) electrons. The van der Waals surface area contributed by atoms with Crippen molar-refractivity contribution in [1.29, 1.82) is 0 Å². The number of nitrogens with one attached hydrogen (secondary N) is 1. The van der Waals surface area contributed by atoms with Gasteiger partial charge in [0.1, 0.15) is 17.9 Å². The first-order valence-electron chi connectivity index (χ1n) is 7.70. The maximum Gasteiger partial charge on any atom is 0.407 e. The molecule has 1 amide bonds. The van der Waals surface area contributed by atoms with E-state index in [9.17, 15) is 13.6 Å². The van der Waals surface area contributed by atoms with Gasteiger partial charge < -0.3 is 19.3 Å². The van der Waals surface area contributed by atoms with Gasteiger partial charge in [0.2, 0.25) is 0 Å². The third-order valence-electron chi connectivity index (χ3n) is 2.93. The summed E-state index contributed by atoms with van der Waals surface area (Å²) in [6, 6.07) is 5.06. The van der Waals surface area contributed by atoms with Gasteiger partial charge in [0.05, 0.1) is 6.61 Å². The van der Waals surface area contributed by atoms with Crippen LogP contribution in [0.1, 0.15) is 26.5 Å². The number of halogens is 2. The maximum absolute atomic E-state index is 13.2. The minimum absolute atomic E-state index is 0.132. The van der Waals surface area contributed by atoms with Crippen LogP contribution in [0.5, 0.6) is 0 Å². The van der Waals surface area contributed by atoms with Crippen molar-refractivity contribution in [2.45, 2.75) is 33.0 Å². The Hall–Kier alpha value is -2.48. The Balaban J connectivity index is 1.75. The number of rotatable bonds is 6. The molecular formula is C17H20F2N2O4. The average Bonchev–Trinajstić information content (AvgIpc) is 2.97. The molecule has 0 aliphatic carbocycles. The molecule has 2 aromatic rings. The summed E-state index contributed by atoms with van der Waals surface area (Å²) in [6.45, 7) is 5.99. The van der Waals surface area contributed by atoms with Crippen molar-refractivity contribution in [1.82, 2.24) is 10.5 Å². The van der Waals surface area contributed by atoms with Crippen LogP contribution in [0.15, 0.2) is 28.8 Å². The SMILES string of the molecule is CC(C)(C)OC(=O)NCCOCc1cc(-c2ccc(F)c(F)c2)no1. The number of aromatic nitrogens is 1. The molecule has 0 aliphatic rings. The second kappa shape index (κ2) is 8.06. The van der Waals surface area contributed by atoms with Crippen LogP contribution in [-0.4, -0.2) is 30.0 Å². The van der Waals surface area contributed by atoms with E-state index in [2.05, 4.69) is 10.5 Å². The first-order valence-corrected chi connectivity index (χ1v) is 7.70. The Morgan fingerprint density at radius 2 is 2.00 bits per heavy atom. The smallest absolute Gasteiger partial charge is 0.407 e. The van der Waals surface area contributed by atoms with E-state index in [1.54, 1.807) is 26.8 Å². The van der Waals surface area contributed by atoms with Crippen molar-refractivity contribution < 1.29 is 27.6 Å². The van der Waals surface area contributed by atoms with E-state index >= 15 is 0 Å². The number of hydrogen-bond acceptors (Lipinski definition) is 5. The number of ether oxygens (including phenoxy) is 2. The lowest BCUT2D eigenvalue weighted by molar-refractivity contribution is 0.0485. The molecule has 0 bridgehead atoms. The Morgan fingerprint density at radius 3 is 2.68 bits per heavy atom. The van der Waals surface area contributed by atoms with Gasteiger partial charge in [0.15, 0.2) is 17.4 Å². The van der Waals surface area contributed by atoms with Crippen molar-refractivity contribution in [2.75, 3.05) is 13.2 Å². The minimum Gasteiger partial charge on any atom is -0.444 e. The zero-order chi connectivity index (χ0) is 18.4. The molecule has 8 heteroatoms. The van der Waals surface area contributed by atoms with Gasteiger partial charge >= 0.3 is 6.09 Å². The van der Waals surface area contributed by atoms with Crippen molar-refractivity contribution in [3.8, 4) is 11.3 Å². The van der Waals surface area contributed by atoms with Crippen LogP contribution in [-0.2, 0) is 16.1 Å². The first kappa shape index (κ1) is 18.9. The number of benzene rings is 1. The fourth-order valence-electron chi connectivity index (χ4n) is 1.88. The summed E-state index contributed by atoms with van der Waals surface area (Å²) >= 11 is 0. The van der Waals surface area contributed by atoms with Gasteiger partial charge in [-0.1, -0.05) is 5.16 Å². The van der Waals surface area contributed by atoms with E-state index in [-0.39, 0.29) is 19.8 Å². The summed E-state index contributed by atoms with van der Waals surface area (Å²) in [4.78, 5) is 11.4. The molecule has 0 spiro atoms. The Bertz CT molecular complexity index is 726. The lowest BCUT2D eigenvalue weighted by atomic mass is 10.1. The van der Waals surface area contributed by atoms with Crippen LogP contribution in [0.3, 0.4) is 0 Å². The zero-order valence-corrected chi connectivity index (χ0v) is 14.3. The number of nitrogens with zero attached hydrogens (tertiary/aromatic N) is 1. The predicted molar refractivity (Wildman–Crippen MR) is 85.7 cm³/mol. The van der Waals surface area contributed by atoms with Crippen molar-refractivity contribution in [2.24, 2.45) is 0 Å². The Morgan fingerprint density at radius 1 is 1.24 bits per heavy atom. The van der Waals surface area contributed by atoms with Crippen LogP contribution >= 0.6 is 0 Å². The summed E-state index contributed by atoms with van der Waals surface area (Å²) in [5, 5.41) is 6.35. The van der Waals surface area contributed by atoms with Gasteiger partial charge in [-0.15, -0.1) is 0 Å². The van der Waals surface area contributed by atoms with Crippen LogP contribution in [0.4, 0.5) is 13.6 Å². The molecule has 1 aromatic carbocycles.